The lowest BCUT2D eigenvalue weighted by atomic mass is 10.1. The van der Waals surface area contributed by atoms with Crippen LogP contribution in [0, 0.1) is 11.8 Å². The third-order valence-corrected chi connectivity index (χ3v) is 5.21. The van der Waals surface area contributed by atoms with Gasteiger partial charge in [0.05, 0.1) is 11.6 Å². The molecule has 0 aromatic heterocycles. The van der Waals surface area contributed by atoms with Gasteiger partial charge in [0.15, 0.2) is 11.5 Å². The zero-order chi connectivity index (χ0) is 19.2. The Kier molecular flexibility index (Phi) is 4.40. The molecule has 146 valence electrons. The maximum absolute atomic E-state index is 12.7. The number of hydrogen-bond donors (Lipinski definition) is 1. The van der Waals surface area contributed by atoms with E-state index in [2.05, 4.69) is 5.32 Å². The van der Waals surface area contributed by atoms with Crippen LogP contribution in [0.4, 0.5) is 4.79 Å². The first-order valence-electron chi connectivity index (χ1n) is 9.50. The molecule has 4 rings (SSSR count). The van der Waals surface area contributed by atoms with Gasteiger partial charge in [-0.3, -0.25) is 4.79 Å². The summed E-state index contributed by atoms with van der Waals surface area (Å²) in [4.78, 5) is 27.0. The van der Waals surface area contributed by atoms with E-state index in [0.29, 0.717) is 55.2 Å². The van der Waals surface area contributed by atoms with Crippen LogP contribution in [0.2, 0.25) is 0 Å². The molecule has 1 aliphatic carbocycles. The molecule has 0 bridgehead atoms. The number of nitrogens with zero attached hydrogens (tertiary/aromatic N) is 1. The van der Waals surface area contributed by atoms with Gasteiger partial charge in [0.2, 0.25) is 0 Å². The lowest BCUT2D eigenvalue weighted by Crippen LogP contribution is -2.47. The molecule has 1 aromatic carbocycles. The fourth-order valence-electron chi connectivity index (χ4n) is 3.91. The summed E-state index contributed by atoms with van der Waals surface area (Å²) in [6.07, 6.45) is 0.806. The van der Waals surface area contributed by atoms with Crippen molar-refractivity contribution in [1.29, 1.82) is 0 Å². The lowest BCUT2D eigenvalue weighted by molar-refractivity contribution is 0.0192. The number of para-hydroxylation sites is 1. The maximum atomic E-state index is 12.7. The summed E-state index contributed by atoms with van der Waals surface area (Å²) in [5.41, 5.74) is -0.0701. The topological polar surface area (TPSA) is 77.1 Å². The second-order valence-electron chi connectivity index (χ2n) is 8.40. The van der Waals surface area contributed by atoms with Gasteiger partial charge in [0, 0.05) is 13.1 Å². The minimum Gasteiger partial charge on any atom is -0.486 e. The van der Waals surface area contributed by atoms with Crippen LogP contribution in [-0.4, -0.2) is 54.8 Å². The minimum absolute atomic E-state index is 0.0227. The highest BCUT2D eigenvalue weighted by Crippen LogP contribution is 2.49. The van der Waals surface area contributed by atoms with Crippen LogP contribution in [0.15, 0.2) is 18.2 Å². The summed E-state index contributed by atoms with van der Waals surface area (Å²) in [5.74, 6) is 1.83. The molecule has 3 aliphatic rings. The van der Waals surface area contributed by atoms with Crippen LogP contribution in [0.25, 0.3) is 0 Å². The average molecular weight is 374 g/mol. The van der Waals surface area contributed by atoms with Gasteiger partial charge < -0.3 is 24.4 Å². The Hall–Kier alpha value is -2.44. The van der Waals surface area contributed by atoms with E-state index in [4.69, 9.17) is 14.2 Å². The average Bonchev–Trinajstić information content (AvgIpc) is 3.30. The lowest BCUT2D eigenvalue weighted by Gasteiger charge is -2.30. The van der Waals surface area contributed by atoms with E-state index in [9.17, 15) is 9.59 Å². The summed E-state index contributed by atoms with van der Waals surface area (Å²) in [6, 6.07) is 5.28. The molecule has 2 aliphatic heterocycles. The van der Waals surface area contributed by atoms with Crippen LogP contribution >= 0.6 is 0 Å². The van der Waals surface area contributed by atoms with E-state index >= 15 is 0 Å². The van der Waals surface area contributed by atoms with Gasteiger partial charge in [-0.15, -0.1) is 0 Å². The smallest absolute Gasteiger partial charge is 0.410 e. The Morgan fingerprint density at radius 2 is 2.04 bits per heavy atom. The monoisotopic (exact) mass is 374 g/mol. The highest BCUT2D eigenvalue weighted by atomic mass is 16.6. The summed E-state index contributed by atoms with van der Waals surface area (Å²) in [7, 11) is 0. The van der Waals surface area contributed by atoms with Crippen LogP contribution in [0.3, 0.4) is 0 Å². The molecular weight excluding hydrogens is 348 g/mol. The largest absolute Gasteiger partial charge is 0.486 e. The van der Waals surface area contributed by atoms with E-state index in [0.717, 1.165) is 6.42 Å². The summed E-state index contributed by atoms with van der Waals surface area (Å²) in [6.45, 7) is 7.60. The summed E-state index contributed by atoms with van der Waals surface area (Å²) < 4.78 is 16.7. The second kappa shape index (κ2) is 6.62. The number of carbonyl (C=O) groups is 2. The summed E-state index contributed by atoms with van der Waals surface area (Å²) >= 11 is 0. The number of carbonyl (C=O) groups excluding carboxylic acids is 2. The van der Waals surface area contributed by atoms with Gasteiger partial charge in [-0.25, -0.2) is 4.79 Å². The van der Waals surface area contributed by atoms with Crippen molar-refractivity contribution >= 4 is 12.0 Å². The van der Waals surface area contributed by atoms with Crippen molar-refractivity contribution in [2.45, 2.75) is 38.8 Å². The molecule has 7 nitrogen and oxygen atoms in total. The van der Waals surface area contributed by atoms with E-state index in [1.54, 1.807) is 23.1 Å². The van der Waals surface area contributed by atoms with E-state index in [-0.39, 0.29) is 18.0 Å². The van der Waals surface area contributed by atoms with Crippen LogP contribution < -0.4 is 14.8 Å². The Labute approximate surface area is 158 Å². The summed E-state index contributed by atoms with van der Waals surface area (Å²) in [5, 5.41) is 2.97. The third kappa shape index (κ3) is 3.68. The molecule has 0 spiro atoms. The Morgan fingerprint density at radius 3 is 2.81 bits per heavy atom. The van der Waals surface area contributed by atoms with Crippen molar-refractivity contribution in [3.05, 3.63) is 23.8 Å². The zero-order valence-corrected chi connectivity index (χ0v) is 16.0. The predicted molar refractivity (Wildman–Crippen MR) is 98.1 cm³/mol. The van der Waals surface area contributed by atoms with Gasteiger partial charge in [-0.2, -0.15) is 0 Å². The zero-order valence-electron chi connectivity index (χ0n) is 16.0. The molecule has 1 saturated carbocycles. The van der Waals surface area contributed by atoms with Crippen LogP contribution in [0.1, 0.15) is 37.6 Å². The van der Waals surface area contributed by atoms with Crippen molar-refractivity contribution in [3.63, 3.8) is 0 Å². The number of likely N-dealkylation sites (tertiary alicyclic amines) is 1. The number of ether oxygens (including phenoxy) is 3. The van der Waals surface area contributed by atoms with Crippen molar-refractivity contribution in [1.82, 2.24) is 10.2 Å². The van der Waals surface area contributed by atoms with E-state index in [1.165, 1.54) is 0 Å². The Balaban J connectivity index is 1.42. The fourth-order valence-corrected chi connectivity index (χ4v) is 3.91. The highest BCUT2D eigenvalue weighted by molar-refractivity contribution is 5.97. The first kappa shape index (κ1) is 17.9. The van der Waals surface area contributed by atoms with Crippen molar-refractivity contribution in [2.24, 2.45) is 11.8 Å². The number of benzene rings is 1. The minimum atomic E-state index is -0.530. The van der Waals surface area contributed by atoms with Gasteiger partial charge in [-0.1, -0.05) is 6.07 Å². The number of hydrogen-bond acceptors (Lipinski definition) is 5. The molecule has 3 atom stereocenters. The second-order valence-corrected chi connectivity index (χ2v) is 8.40. The van der Waals surface area contributed by atoms with E-state index < -0.39 is 5.60 Å². The first-order chi connectivity index (χ1) is 12.8. The van der Waals surface area contributed by atoms with Crippen molar-refractivity contribution in [2.75, 3.05) is 26.3 Å². The number of piperidine rings is 1. The van der Waals surface area contributed by atoms with Crippen molar-refractivity contribution < 1.29 is 23.8 Å². The number of nitrogens with one attached hydrogen (secondary N) is 1. The first-order valence-corrected chi connectivity index (χ1v) is 9.50. The predicted octanol–water partition coefficient (Wildman–Crippen LogP) is 2.44. The van der Waals surface area contributed by atoms with Crippen LogP contribution in [0.5, 0.6) is 11.5 Å². The standard InChI is InChI=1S/C20H26N2O5/c1-20(2,3)27-19(24)22-11-12-9-14(12)15(22)10-21-18(23)13-5-4-6-16-17(13)26-8-7-25-16/h4-6,12,14-15H,7-11H2,1-3H3,(H,21,23)/t12-,14-,15-/m1/s1. The van der Waals surface area contributed by atoms with Crippen LogP contribution in [-0.2, 0) is 4.74 Å². The van der Waals surface area contributed by atoms with Gasteiger partial charge >= 0.3 is 6.09 Å². The molecule has 1 aromatic rings. The van der Waals surface area contributed by atoms with Gasteiger partial charge in [0.25, 0.3) is 5.91 Å². The molecule has 27 heavy (non-hydrogen) atoms. The highest BCUT2D eigenvalue weighted by Gasteiger charge is 2.54. The quantitative estimate of drug-likeness (QED) is 0.879. The molecule has 2 fully saturated rings. The number of amides is 2. The normalized spacial score (nSPS) is 25.6. The van der Waals surface area contributed by atoms with Gasteiger partial charge in [0.1, 0.15) is 18.8 Å². The van der Waals surface area contributed by atoms with E-state index in [1.807, 2.05) is 20.8 Å². The SMILES string of the molecule is CC(C)(C)OC(=O)N1C[C@H]2C[C@H]2[C@H]1CNC(=O)c1cccc2c1OCCO2. The van der Waals surface area contributed by atoms with Crippen molar-refractivity contribution in [3.8, 4) is 11.5 Å². The molecular formula is C20H26N2O5. The molecule has 2 amide bonds. The molecule has 2 heterocycles. The number of fused-ring (bicyclic) bond motifs is 2. The molecule has 0 unspecified atom stereocenters. The molecule has 1 saturated heterocycles. The maximum Gasteiger partial charge on any atom is 0.410 e. The third-order valence-electron chi connectivity index (χ3n) is 5.21. The Bertz CT molecular complexity index is 757. The number of rotatable bonds is 3. The van der Waals surface area contributed by atoms with Gasteiger partial charge in [-0.05, 0) is 51.2 Å². The fraction of sp³-hybridized carbons (Fsp3) is 0.600. The molecule has 0 radical (unpaired) electrons. The molecule has 7 heteroatoms. The Morgan fingerprint density at radius 1 is 1.26 bits per heavy atom. The molecule has 1 N–H and O–H groups in total.